The highest BCUT2D eigenvalue weighted by molar-refractivity contribution is 6.39. The largest absolute Gasteiger partial charge is 0.452 e. The number of esters is 1. The minimum Gasteiger partial charge on any atom is -0.452 e. The SMILES string of the molecule is O=C(COC(=O)/C=C/c1ccc(Cl)cc1)Nc1c(Cl)cccc1Cl. The molecule has 0 unspecified atom stereocenters. The molecule has 1 amide bonds. The molecule has 7 heteroatoms. The topological polar surface area (TPSA) is 55.4 Å². The number of carbonyl (C=O) groups excluding carboxylic acids is 2. The molecule has 0 spiro atoms. The van der Waals surface area contributed by atoms with Crippen LogP contribution in [-0.4, -0.2) is 18.5 Å². The number of hydrogen-bond acceptors (Lipinski definition) is 3. The van der Waals surface area contributed by atoms with E-state index in [1.165, 1.54) is 6.08 Å². The molecule has 2 rings (SSSR count). The maximum atomic E-state index is 11.8. The Balaban J connectivity index is 1.85. The van der Waals surface area contributed by atoms with E-state index in [2.05, 4.69) is 5.32 Å². The van der Waals surface area contributed by atoms with Crippen LogP contribution in [0.2, 0.25) is 15.1 Å². The maximum Gasteiger partial charge on any atom is 0.331 e. The summed E-state index contributed by atoms with van der Waals surface area (Å²) in [6.07, 6.45) is 2.78. The third-order valence-electron chi connectivity index (χ3n) is 2.85. The molecule has 0 aliphatic rings. The van der Waals surface area contributed by atoms with Gasteiger partial charge in [0, 0.05) is 11.1 Å². The molecule has 2 aromatic carbocycles. The molecule has 124 valence electrons. The summed E-state index contributed by atoms with van der Waals surface area (Å²) in [5.41, 5.74) is 1.06. The molecule has 2 aromatic rings. The Morgan fingerprint density at radius 2 is 1.62 bits per heavy atom. The van der Waals surface area contributed by atoms with Crippen molar-refractivity contribution in [2.45, 2.75) is 0 Å². The van der Waals surface area contributed by atoms with Crippen LogP contribution >= 0.6 is 34.8 Å². The monoisotopic (exact) mass is 383 g/mol. The summed E-state index contributed by atoms with van der Waals surface area (Å²) in [6.45, 7) is -0.453. The smallest absolute Gasteiger partial charge is 0.331 e. The average Bonchev–Trinajstić information content (AvgIpc) is 2.56. The summed E-state index contributed by atoms with van der Waals surface area (Å²) in [6, 6.07) is 11.7. The Morgan fingerprint density at radius 3 is 2.25 bits per heavy atom. The van der Waals surface area contributed by atoms with Crippen LogP contribution < -0.4 is 5.32 Å². The lowest BCUT2D eigenvalue weighted by molar-refractivity contribution is -0.142. The first-order valence-electron chi connectivity index (χ1n) is 6.80. The van der Waals surface area contributed by atoms with Crippen molar-refractivity contribution in [3.05, 3.63) is 69.2 Å². The highest BCUT2D eigenvalue weighted by Crippen LogP contribution is 2.29. The van der Waals surface area contributed by atoms with Crippen molar-refractivity contribution in [3.63, 3.8) is 0 Å². The maximum absolute atomic E-state index is 11.8. The number of anilines is 1. The third kappa shape index (κ3) is 5.57. The first-order valence-corrected chi connectivity index (χ1v) is 7.93. The number of hydrogen-bond donors (Lipinski definition) is 1. The van der Waals surface area contributed by atoms with Crippen molar-refractivity contribution >= 4 is 58.4 Å². The van der Waals surface area contributed by atoms with Gasteiger partial charge in [0.2, 0.25) is 0 Å². The van der Waals surface area contributed by atoms with E-state index in [0.717, 1.165) is 5.56 Å². The van der Waals surface area contributed by atoms with Gasteiger partial charge < -0.3 is 10.1 Å². The molecule has 1 N–H and O–H groups in total. The fourth-order valence-corrected chi connectivity index (χ4v) is 2.33. The lowest BCUT2D eigenvalue weighted by atomic mass is 10.2. The van der Waals surface area contributed by atoms with Crippen molar-refractivity contribution in [2.75, 3.05) is 11.9 Å². The minimum absolute atomic E-state index is 0.276. The Labute approximate surface area is 154 Å². The van der Waals surface area contributed by atoms with Crippen molar-refractivity contribution in [3.8, 4) is 0 Å². The van der Waals surface area contributed by atoms with Crippen molar-refractivity contribution < 1.29 is 14.3 Å². The molecular weight excluding hydrogens is 373 g/mol. The molecule has 0 atom stereocenters. The summed E-state index contributed by atoms with van der Waals surface area (Å²) in [7, 11) is 0. The number of nitrogens with one attached hydrogen (secondary N) is 1. The van der Waals surface area contributed by atoms with Crippen LogP contribution in [0.25, 0.3) is 6.08 Å². The summed E-state index contributed by atoms with van der Waals surface area (Å²) in [5, 5.41) is 3.69. The standard InChI is InChI=1S/C17H12Cl3NO3/c18-12-7-4-11(5-8-12)6-9-16(23)24-10-15(22)21-17-13(19)2-1-3-14(17)20/h1-9H,10H2,(H,21,22)/b9-6+. The average molecular weight is 385 g/mol. The molecule has 0 saturated heterocycles. The van der Waals surface area contributed by atoms with Gasteiger partial charge in [0.25, 0.3) is 5.91 Å². The van der Waals surface area contributed by atoms with Gasteiger partial charge >= 0.3 is 5.97 Å². The molecule has 0 bridgehead atoms. The second-order valence-corrected chi connectivity index (χ2v) is 5.89. The van der Waals surface area contributed by atoms with E-state index in [0.29, 0.717) is 15.1 Å². The van der Waals surface area contributed by atoms with E-state index in [4.69, 9.17) is 39.5 Å². The summed E-state index contributed by atoms with van der Waals surface area (Å²) in [4.78, 5) is 23.4. The Bertz CT molecular complexity index is 753. The summed E-state index contributed by atoms with van der Waals surface area (Å²) in [5.74, 6) is -1.19. The van der Waals surface area contributed by atoms with Gasteiger partial charge in [-0.15, -0.1) is 0 Å². The van der Waals surface area contributed by atoms with Gasteiger partial charge in [-0.25, -0.2) is 4.79 Å². The van der Waals surface area contributed by atoms with Crippen LogP contribution in [0.1, 0.15) is 5.56 Å². The number of rotatable bonds is 5. The van der Waals surface area contributed by atoms with Crippen LogP contribution in [0.5, 0.6) is 0 Å². The fraction of sp³-hybridized carbons (Fsp3) is 0.0588. The Hall–Kier alpha value is -2.01. The predicted molar refractivity (Wildman–Crippen MR) is 96.5 cm³/mol. The number of carbonyl (C=O) groups is 2. The summed E-state index contributed by atoms with van der Waals surface area (Å²) >= 11 is 17.6. The Morgan fingerprint density at radius 1 is 1.00 bits per heavy atom. The fourth-order valence-electron chi connectivity index (χ4n) is 1.72. The van der Waals surface area contributed by atoms with E-state index < -0.39 is 18.5 Å². The van der Waals surface area contributed by atoms with E-state index in [1.807, 2.05) is 0 Å². The number of halogens is 3. The normalized spacial score (nSPS) is 10.6. The van der Waals surface area contributed by atoms with Crippen LogP contribution in [0.3, 0.4) is 0 Å². The molecule has 0 fully saturated rings. The van der Waals surface area contributed by atoms with Crippen LogP contribution in [0.4, 0.5) is 5.69 Å². The van der Waals surface area contributed by atoms with Gasteiger partial charge in [-0.2, -0.15) is 0 Å². The second-order valence-electron chi connectivity index (χ2n) is 4.64. The second kappa shape index (κ2) is 8.73. The van der Waals surface area contributed by atoms with Gasteiger partial charge in [0.15, 0.2) is 6.61 Å². The molecule has 0 aromatic heterocycles. The molecule has 0 aliphatic carbocycles. The quantitative estimate of drug-likeness (QED) is 0.592. The molecular formula is C17H12Cl3NO3. The van der Waals surface area contributed by atoms with E-state index >= 15 is 0 Å². The lowest BCUT2D eigenvalue weighted by Gasteiger charge is -2.08. The van der Waals surface area contributed by atoms with Gasteiger partial charge in [0.05, 0.1) is 15.7 Å². The zero-order valence-electron chi connectivity index (χ0n) is 12.3. The Kier molecular flexibility index (Phi) is 6.67. The number of ether oxygens (including phenoxy) is 1. The van der Waals surface area contributed by atoms with Gasteiger partial charge in [0.1, 0.15) is 0 Å². The van der Waals surface area contributed by atoms with Crippen LogP contribution in [-0.2, 0) is 14.3 Å². The predicted octanol–water partition coefficient (Wildman–Crippen LogP) is 4.84. The molecule has 0 aliphatic heterocycles. The molecule has 0 heterocycles. The van der Waals surface area contributed by atoms with Gasteiger partial charge in [-0.3, -0.25) is 4.79 Å². The number of benzene rings is 2. The summed E-state index contributed by atoms with van der Waals surface area (Å²) < 4.78 is 4.85. The minimum atomic E-state index is -0.648. The highest BCUT2D eigenvalue weighted by Gasteiger charge is 2.10. The number of amides is 1. The molecule has 24 heavy (non-hydrogen) atoms. The lowest BCUT2D eigenvalue weighted by Crippen LogP contribution is -2.20. The van der Waals surface area contributed by atoms with Gasteiger partial charge in [-0.1, -0.05) is 53.0 Å². The number of para-hydroxylation sites is 1. The first-order chi connectivity index (χ1) is 11.5. The zero-order valence-corrected chi connectivity index (χ0v) is 14.5. The van der Waals surface area contributed by atoms with Crippen LogP contribution in [0.15, 0.2) is 48.5 Å². The zero-order chi connectivity index (χ0) is 17.5. The van der Waals surface area contributed by atoms with E-state index in [-0.39, 0.29) is 5.69 Å². The molecule has 0 saturated carbocycles. The molecule has 4 nitrogen and oxygen atoms in total. The van der Waals surface area contributed by atoms with Crippen molar-refractivity contribution in [2.24, 2.45) is 0 Å². The van der Waals surface area contributed by atoms with E-state index in [9.17, 15) is 9.59 Å². The third-order valence-corrected chi connectivity index (χ3v) is 3.74. The molecule has 0 radical (unpaired) electrons. The van der Waals surface area contributed by atoms with Crippen molar-refractivity contribution in [1.82, 2.24) is 0 Å². The van der Waals surface area contributed by atoms with Crippen molar-refractivity contribution in [1.29, 1.82) is 0 Å². The van der Waals surface area contributed by atoms with Gasteiger partial charge in [-0.05, 0) is 35.9 Å². The highest BCUT2D eigenvalue weighted by atomic mass is 35.5. The first kappa shape index (κ1) is 18.3. The van der Waals surface area contributed by atoms with Crippen LogP contribution in [0, 0.1) is 0 Å². The van der Waals surface area contributed by atoms with E-state index in [1.54, 1.807) is 48.5 Å².